The van der Waals surface area contributed by atoms with Crippen LogP contribution in [0.3, 0.4) is 0 Å². The fourth-order valence-electron chi connectivity index (χ4n) is 2.89. The largest absolute Gasteiger partial charge is 0.338 e. The van der Waals surface area contributed by atoms with Crippen LogP contribution in [0.25, 0.3) is 22.1 Å². The zero-order valence-electron chi connectivity index (χ0n) is 13.0. The van der Waals surface area contributed by atoms with Crippen LogP contribution in [-0.4, -0.2) is 26.4 Å². The highest BCUT2D eigenvalue weighted by Gasteiger charge is 2.10. The van der Waals surface area contributed by atoms with Gasteiger partial charge in [0.15, 0.2) is 5.65 Å². The van der Waals surface area contributed by atoms with E-state index in [0.29, 0.717) is 11.9 Å². The molecule has 0 radical (unpaired) electrons. The van der Waals surface area contributed by atoms with Crippen LogP contribution in [0.2, 0.25) is 0 Å². The molecule has 0 unspecified atom stereocenters. The number of fused-ring (bicyclic) bond motifs is 3. The van der Waals surface area contributed by atoms with Crippen molar-refractivity contribution in [2.24, 2.45) is 11.0 Å². The SMILES string of the molecule is CC1=CC[C@@H](/C=N\Nc2nnc3c(n2)[nH]c2ccccc23)CC1. The maximum Gasteiger partial charge on any atom is 0.265 e. The number of rotatable bonds is 3. The third-order valence-electron chi connectivity index (χ3n) is 4.25. The first-order chi connectivity index (χ1) is 11.3. The summed E-state index contributed by atoms with van der Waals surface area (Å²) in [7, 11) is 0. The highest BCUT2D eigenvalue weighted by molar-refractivity contribution is 6.03. The molecule has 2 heterocycles. The number of nitrogens with one attached hydrogen (secondary N) is 2. The fraction of sp³-hybridized carbons (Fsp3) is 0.294. The fourth-order valence-corrected chi connectivity index (χ4v) is 2.89. The lowest BCUT2D eigenvalue weighted by molar-refractivity contribution is 0.607. The number of hydrazone groups is 1. The number of anilines is 1. The van der Waals surface area contributed by atoms with Gasteiger partial charge in [0.05, 0.1) is 0 Å². The number of hydrogen-bond acceptors (Lipinski definition) is 5. The molecule has 0 saturated carbocycles. The van der Waals surface area contributed by atoms with E-state index in [1.54, 1.807) is 0 Å². The zero-order valence-corrected chi connectivity index (χ0v) is 13.0. The van der Waals surface area contributed by atoms with E-state index in [0.717, 1.165) is 41.3 Å². The summed E-state index contributed by atoms with van der Waals surface area (Å²) in [5, 5.41) is 13.7. The van der Waals surface area contributed by atoms with Crippen LogP contribution in [0.15, 0.2) is 41.0 Å². The van der Waals surface area contributed by atoms with E-state index in [2.05, 4.69) is 43.7 Å². The van der Waals surface area contributed by atoms with E-state index in [-0.39, 0.29) is 0 Å². The van der Waals surface area contributed by atoms with Crippen molar-refractivity contribution in [1.29, 1.82) is 0 Å². The Balaban J connectivity index is 1.52. The lowest BCUT2D eigenvalue weighted by atomic mass is 9.91. The minimum absolute atomic E-state index is 0.405. The van der Waals surface area contributed by atoms with Crippen molar-refractivity contribution in [2.75, 3.05) is 5.43 Å². The summed E-state index contributed by atoms with van der Waals surface area (Å²) in [5.41, 5.74) is 6.86. The standard InChI is InChI=1S/C17H18N6/c1-11-6-8-12(9-7-11)10-18-22-17-20-16-15(21-23-17)13-4-2-3-5-14(13)19-16/h2-6,10,12H,7-9H2,1H3,(H2,19,20,22,23)/b18-10-/t12-/m1/s1. The second kappa shape index (κ2) is 5.79. The molecule has 0 amide bonds. The predicted octanol–water partition coefficient (Wildman–Crippen LogP) is 3.65. The molecule has 1 aliphatic rings. The lowest BCUT2D eigenvalue weighted by Gasteiger charge is -2.15. The molecule has 1 aromatic carbocycles. The molecule has 6 nitrogen and oxygen atoms in total. The first-order valence-corrected chi connectivity index (χ1v) is 7.85. The minimum atomic E-state index is 0.405. The van der Waals surface area contributed by atoms with Gasteiger partial charge in [-0.3, -0.25) is 0 Å². The Morgan fingerprint density at radius 2 is 2.22 bits per heavy atom. The number of allylic oxidation sites excluding steroid dienone is 2. The Bertz CT molecular complexity index is 908. The molecule has 0 saturated heterocycles. The average molecular weight is 306 g/mol. The summed E-state index contributed by atoms with van der Waals surface area (Å²) < 4.78 is 0. The van der Waals surface area contributed by atoms with E-state index >= 15 is 0 Å². The Kier molecular flexibility index (Phi) is 3.49. The van der Waals surface area contributed by atoms with Crippen molar-refractivity contribution in [3.63, 3.8) is 0 Å². The third-order valence-corrected chi connectivity index (χ3v) is 4.25. The molecule has 1 aliphatic carbocycles. The molecular weight excluding hydrogens is 288 g/mol. The van der Waals surface area contributed by atoms with Gasteiger partial charge < -0.3 is 4.98 Å². The number of aromatic nitrogens is 4. The monoisotopic (exact) mass is 306 g/mol. The number of H-pyrrole nitrogens is 1. The van der Waals surface area contributed by atoms with Crippen LogP contribution in [0.1, 0.15) is 26.2 Å². The smallest absolute Gasteiger partial charge is 0.265 e. The molecule has 23 heavy (non-hydrogen) atoms. The number of aromatic amines is 1. The molecule has 4 rings (SSSR count). The van der Waals surface area contributed by atoms with Crippen molar-refractivity contribution in [2.45, 2.75) is 26.2 Å². The molecule has 2 aromatic heterocycles. The van der Waals surface area contributed by atoms with Crippen molar-refractivity contribution in [1.82, 2.24) is 20.2 Å². The van der Waals surface area contributed by atoms with Crippen molar-refractivity contribution in [3.8, 4) is 0 Å². The second-order valence-corrected chi connectivity index (χ2v) is 5.98. The Hall–Kier alpha value is -2.76. The summed E-state index contributed by atoms with van der Waals surface area (Å²) in [6.07, 6.45) is 7.58. The Morgan fingerprint density at radius 3 is 3.09 bits per heavy atom. The summed E-state index contributed by atoms with van der Waals surface area (Å²) in [4.78, 5) is 7.69. The topological polar surface area (TPSA) is 78.8 Å². The number of para-hydroxylation sites is 1. The van der Waals surface area contributed by atoms with Crippen LogP contribution < -0.4 is 5.43 Å². The molecule has 3 aromatic rings. The van der Waals surface area contributed by atoms with Gasteiger partial charge in [-0.05, 0) is 38.2 Å². The zero-order chi connectivity index (χ0) is 15.6. The van der Waals surface area contributed by atoms with Gasteiger partial charge in [0.2, 0.25) is 0 Å². The van der Waals surface area contributed by atoms with Crippen LogP contribution >= 0.6 is 0 Å². The minimum Gasteiger partial charge on any atom is -0.338 e. The molecule has 0 bridgehead atoms. The van der Waals surface area contributed by atoms with Crippen molar-refractivity contribution < 1.29 is 0 Å². The van der Waals surface area contributed by atoms with E-state index in [1.807, 2.05) is 30.5 Å². The summed E-state index contributed by atoms with van der Waals surface area (Å²) in [6, 6.07) is 7.97. The van der Waals surface area contributed by atoms with Crippen LogP contribution in [0.4, 0.5) is 5.95 Å². The summed E-state index contributed by atoms with van der Waals surface area (Å²) in [5.74, 6) is 0.888. The quantitative estimate of drug-likeness (QED) is 0.440. The average Bonchev–Trinajstić information content (AvgIpc) is 2.94. The van der Waals surface area contributed by atoms with Gasteiger partial charge in [-0.2, -0.15) is 10.1 Å². The summed E-state index contributed by atoms with van der Waals surface area (Å²) in [6.45, 7) is 2.18. The van der Waals surface area contributed by atoms with Gasteiger partial charge in [0.25, 0.3) is 5.95 Å². The second-order valence-electron chi connectivity index (χ2n) is 5.98. The van der Waals surface area contributed by atoms with Gasteiger partial charge in [-0.15, -0.1) is 10.2 Å². The highest BCUT2D eigenvalue weighted by Crippen LogP contribution is 2.22. The highest BCUT2D eigenvalue weighted by atomic mass is 15.4. The van der Waals surface area contributed by atoms with E-state index in [9.17, 15) is 0 Å². The first kappa shape index (κ1) is 13.9. The summed E-state index contributed by atoms with van der Waals surface area (Å²) >= 11 is 0. The van der Waals surface area contributed by atoms with E-state index < -0.39 is 0 Å². The Labute approximate surface area is 133 Å². The van der Waals surface area contributed by atoms with Crippen molar-refractivity contribution >= 4 is 34.2 Å². The molecule has 116 valence electrons. The maximum atomic E-state index is 4.44. The lowest BCUT2D eigenvalue weighted by Crippen LogP contribution is -2.07. The van der Waals surface area contributed by atoms with Gasteiger partial charge in [-0.1, -0.05) is 29.8 Å². The van der Waals surface area contributed by atoms with Gasteiger partial charge >= 0.3 is 0 Å². The van der Waals surface area contributed by atoms with E-state index in [4.69, 9.17) is 0 Å². The molecule has 0 aliphatic heterocycles. The van der Waals surface area contributed by atoms with Gasteiger partial charge in [0, 0.05) is 17.1 Å². The van der Waals surface area contributed by atoms with Crippen LogP contribution in [0.5, 0.6) is 0 Å². The molecule has 1 atom stereocenters. The van der Waals surface area contributed by atoms with E-state index in [1.165, 1.54) is 5.57 Å². The molecule has 0 fully saturated rings. The molecular formula is C17H18N6. The Morgan fingerprint density at radius 1 is 1.30 bits per heavy atom. The number of hydrogen-bond donors (Lipinski definition) is 2. The molecule has 0 spiro atoms. The predicted molar refractivity (Wildman–Crippen MR) is 92.4 cm³/mol. The van der Waals surface area contributed by atoms with Crippen molar-refractivity contribution in [3.05, 3.63) is 35.9 Å². The van der Waals surface area contributed by atoms with Gasteiger partial charge in [0.1, 0.15) is 5.52 Å². The van der Waals surface area contributed by atoms with Crippen LogP contribution in [-0.2, 0) is 0 Å². The first-order valence-electron chi connectivity index (χ1n) is 7.85. The third kappa shape index (κ3) is 2.79. The number of benzene rings is 1. The molecule has 2 N–H and O–H groups in total. The maximum absolute atomic E-state index is 4.44. The molecule has 6 heteroatoms. The number of nitrogens with zero attached hydrogens (tertiary/aromatic N) is 4. The normalized spacial score (nSPS) is 18.7. The van der Waals surface area contributed by atoms with Gasteiger partial charge in [-0.25, -0.2) is 5.43 Å². The van der Waals surface area contributed by atoms with Crippen LogP contribution in [0, 0.1) is 5.92 Å².